The Morgan fingerprint density at radius 1 is 0.780 bits per heavy atom. The van der Waals surface area contributed by atoms with E-state index in [-0.39, 0.29) is 46.5 Å². The number of amides is 1. The highest BCUT2D eigenvalue weighted by Gasteiger charge is 2.63. The number of rotatable bonds is 3. The van der Waals surface area contributed by atoms with E-state index in [1.807, 2.05) is 59.5 Å². The molecule has 2 spiro atoms. The first-order valence-electron chi connectivity index (χ1n) is 17.5. The van der Waals surface area contributed by atoms with Crippen LogP contribution in [-0.4, -0.2) is 72.6 Å². The topological polar surface area (TPSA) is 110 Å². The second kappa shape index (κ2) is 10.4. The van der Waals surface area contributed by atoms with Gasteiger partial charge in [0, 0.05) is 29.3 Å². The molecule has 4 aliphatic carbocycles. The summed E-state index contributed by atoms with van der Waals surface area (Å²) in [5, 5.41) is 24.4. The first-order valence-corrected chi connectivity index (χ1v) is 17.5. The van der Waals surface area contributed by atoms with Crippen molar-refractivity contribution in [2.24, 2.45) is 0 Å². The number of phenols is 2. The number of phenolic OH excluding ortho intramolecular Hbond substituents is 2. The fourth-order valence-corrected chi connectivity index (χ4v) is 10.5. The molecule has 2 fully saturated rings. The lowest BCUT2D eigenvalue weighted by Gasteiger charge is -2.53. The van der Waals surface area contributed by atoms with Gasteiger partial charge in [-0.3, -0.25) is 4.79 Å². The zero-order valence-electron chi connectivity index (χ0n) is 27.9. The largest absolute Gasteiger partial charge is 0.504 e. The van der Waals surface area contributed by atoms with E-state index < -0.39 is 0 Å². The second-order valence-corrected chi connectivity index (χ2v) is 14.4. The average molecular weight is 671 g/mol. The summed E-state index contributed by atoms with van der Waals surface area (Å²) < 4.78 is 23.7. The van der Waals surface area contributed by atoms with Crippen molar-refractivity contribution in [2.75, 3.05) is 27.3 Å². The molecule has 4 bridgehead atoms. The third kappa shape index (κ3) is 3.63. The van der Waals surface area contributed by atoms with E-state index >= 15 is 0 Å². The Hall–Kier alpha value is -5.15. The molecule has 1 amide bonds. The number of ether oxygens (including phenoxy) is 4. The standard InChI is InChI=1S/C24H21NO4.C17H17NO3/c1-28-19-10-8-16-17-13-15-7-9-18(26)21-20(15)24(16,22(19)29-21)11-12-25(17)23(27)14-5-3-2-4-6-14;1-20-13-5-3-10-11-8-9-2-4-12(19)15-14(9)17(10,6-7-18-11)16(13)21-15/h2-10,17,22,26H,11-13H2,1H3;2-5,11,16,18-19H,6-8H2,1H3/t17-,22+,24+;11-,16+,17+/m11/s1. The lowest BCUT2D eigenvalue weighted by Crippen LogP contribution is -2.60. The van der Waals surface area contributed by atoms with E-state index in [4.69, 9.17) is 18.9 Å². The fraction of sp³-hybridized carbons (Fsp3) is 0.341. The number of allylic oxidation sites excluding steroid dienone is 4. The number of carbonyl (C=O) groups excluding carboxylic acids is 1. The van der Waals surface area contributed by atoms with Gasteiger partial charge in [0.05, 0.1) is 31.1 Å². The Balaban J connectivity index is 0.000000133. The molecule has 6 atom stereocenters. The van der Waals surface area contributed by atoms with Crippen LogP contribution >= 0.6 is 0 Å². The van der Waals surface area contributed by atoms with Crippen LogP contribution in [0.3, 0.4) is 0 Å². The second-order valence-electron chi connectivity index (χ2n) is 14.4. The lowest BCUT2D eigenvalue weighted by molar-refractivity contribution is 0.0468. The maximum absolute atomic E-state index is 13.3. The minimum atomic E-state index is -0.375. The molecule has 2 saturated heterocycles. The van der Waals surface area contributed by atoms with Gasteiger partial charge in [-0.25, -0.2) is 0 Å². The van der Waals surface area contributed by atoms with Crippen LogP contribution < -0.4 is 14.8 Å². The van der Waals surface area contributed by atoms with Crippen molar-refractivity contribution in [3.8, 4) is 23.0 Å². The first-order chi connectivity index (χ1) is 24.4. The van der Waals surface area contributed by atoms with Gasteiger partial charge < -0.3 is 39.4 Å². The minimum Gasteiger partial charge on any atom is -0.504 e. The third-order valence-corrected chi connectivity index (χ3v) is 12.5. The molecular formula is C41H38N2O7. The van der Waals surface area contributed by atoms with Crippen molar-refractivity contribution in [2.45, 2.75) is 60.8 Å². The van der Waals surface area contributed by atoms with E-state index in [2.05, 4.69) is 17.5 Å². The number of piperidine rings is 2. The Bertz CT molecular complexity index is 2120. The summed E-state index contributed by atoms with van der Waals surface area (Å²) in [6, 6.07) is 17.3. The summed E-state index contributed by atoms with van der Waals surface area (Å²) in [5.41, 5.74) is 7.47. The summed E-state index contributed by atoms with van der Waals surface area (Å²) >= 11 is 0. The monoisotopic (exact) mass is 670 g/mol. The molecule has 9 nitrogen and oxygen atoms in total. The van der Waals surface area contributed by atoms with Gasteiger partial charge in [0.1, 0.15) is 11.5 Å². The van der Waals surface area contributed by atoms with Crippen molar-refractivity contribution in [1.82, 2.24) is 10.2 Å². The molecule has 3 aromatic rings. The Kier molecular flexibility index (Phi) is 6.21. The zero-order valence-corrected chi connectivity index (χ0v) is 27.9. The molecule has 50 heavy (non-hydrogen) atoms. The number of likely N-dealkylation sites (tertiary alicyclic amines) is 1. The van der Waals surface area contributed by atoms with Crippen LogP contribution in [0.25, 0.3) is 0 Å². The van der Waals surface area contributed by atoms with Crippen molar-refractivity contribution in [1.29, 1.82) is 0 Å². The summed E-state index contributed by atoms with van der Waals surface area (Å²) in [6.45, 7) is 1.61. The molecule has 0 unspecified atom stereocenters. The Labute approximate surface area is 290 Å². The van der Waals surface area contributed by atoms with E-state index in [1.54, 1.807) is 26.4 Å². The minimum absolute atomic E-state index is 0.0276. The van der Waals surface area contributed by atoms with Crippen molar-refractivity contribution in [3.05, 3.63) is 129 Å². The smallest absolute Gasteiger partial charge is 0.254 e. The summed E-state index contributed by atoms with van der Waals surface area (Å²) in [6.07, 6.45) is 11.2. The molecule has 11 rings (SSSR count). The van der Waals surface area contributed by atoms with Gasteiger partial charge in [0.2, 0.25) is 0 Å². The van der Waals surface area contributed by atoms with E-state index in [0.717, 1.165) is 54.9 Å². The van der Waals surface area contributed by atoms with Crippen molar-refractivity contribution in [3.63, 3.8) is 0 Å². The molecular weight excluding hydrogens is 632 g/mol. The molecule has 3 aromatic carbocycles. The highest BCUT2D eigenvalue weighted by molar-refractivity contribution is 5.95. The maximum Gasteiger partial charge on any atom is 0.254 e. The van der Waals surface area contributed by atoms with Gasteiger partial charge in [-0.05, 0) is 90.9 Å². The van der Waals surface area contributed by atoms with E-state index in [1.165, 1.54) is 22.3 Å². The van der Waals surface area contributed by atoms with Crippen LogP contribution in [-0.2, 0) is 33.1 Å². The van der Waals surface area contributed by atoms with Crippen LogP contribution in [0.2, 0.25) is 0 Å². The molecule has 0 radical (unpaired) electrons. The van der Waals surface area contributed by atoms with Gasteiger partial charge in [0.15, 0.2) is 35.2 Å². The SMILES string of the molecule is COC1=CC=C2[C@H]3Cc4ccc(O)c5c4[C@@]2(CCN3)[C@H]1O5.COC1=CC=C2[C@H]3Cc4ccc(O)c5c4[C@@]2(CCN3C(=O)c2ccccc2)[C@H]1O5. The number of nitrogens with zero attached hydrogens (tertiary/aromatic N) is 1. The number of hydrogen-bond donors (Lipinski definition) is 3. The summed E-state index contributed by atoms with van der Waals surface area (Å²) in [7, 11) is 3.35. The van der Waals surface area contributed by atoms with Crippen LogP contribution in [0.1, 0.15) is 45.5 Å². The first kappa shape index (κ1) is 29.7. The summed E-state index contributed by atoms with van der Waals surface area (Å²) in [4.78, 5) is 15.3. The normalized spacial score (nSPS) is 30.8. The number of carbonyl (C=O) groups is 1. The van der Waals surface area contributed by atoms with Gasteiger partial charge in [-0.1, -0.05) is 42.5 Å². The summed E-state index contributed by atoms with van der Waals surface area (Å²) in [5.74, 6) is 3.32. The zero-order chi connectivity index (χ0) is 33.9. The number of benzene rings is 3. The molecule has 3 N–H and O–H groups in total. The molecule has 0 saturated carbocycles. The predicted octanol–water partition coefficient (Wildman–Crippen LogP) is 5.11. The van der Waals surface area contributed by atoms with Crippen LogP contribution in [0.4, 0.5) is 0 Å². The predicted molar refractivity (Wildman–Crippen MR) is 184 cm³/mol. The third-order valence-electron chi connectivity index (χ3n) is 12.5. The van der Waals surface area contributed by atoms with Gasteiger partial charge in [-0.2, -0.15) is 0 Å². The maximum atomic E-state index is 13.3. The molecule has 4 aliphatic heterocycles. The molecule has 0 aromatic heterocycles. The molecule has 8 aliphatic rings. The average Bonchev–Trinajstić information content (AvgIpc) is 3.68. The van der Waals surface area contributed by atoms with Gasteiger partial charge >= 0.3 is 0 Å². The van der Waals surface area contributed by atoms with E-state index in [9.17, 15) is 15.0 Å². The Morgan fingerprint density at radius 2 is 1.38 bits per heavy atom. The lowest BCUT2D eigenvalue weighted by atomic mass is 9.57. The fourth-order valence-electron chi connectivity index (χ4n) is 10.5. The number of hydrogen-bond acceptors (Lipinski definition) is 8. The van der Waals surface area contributed by atoms with E-state index in [0.29, 0.717) is 29.6 Å². The Morgan fingerprint density at radius 3 is 2.02 bits per heavy atom. The number of aromatic hydroxyl groups is 2. The number of nitrogens with one attached hydrogen (secondary N) is 1. The number of methoxy groups -OCH3 is 2. The quantitative estimate of drug-likeness (QED) is 0.353. The van der Waals surface area contributed by atoms with Crippen LogP contribution in [0.15, 0.2) is 102 Å². The molecule has 9 heteroatoms. The van der Waals surface area contributed by atoms with Crippen molar-refractivity contribution < 1.29 is 34.0 Å². The van der Waals surface area contributed by atoms with Crippen molar-refractivity contribution >= 4 is 5.91 Å². The van der Waals surface area contributed by atoms with Crippen LogP contribution in [0.5, 0.6) is 23.0 Å². The van der Waals surface area contributed by atoms with Gasteiger partial charge in [0.25, 0.3) is 5.91 Å². The molecule has 4 heterocycles. The van der Waals surface area contributed by atoms with Gasteiger partial charge in [-0.15, -0.1) is 0 Å². The van der Waals surface area contributed by atoms with Crippen LogP contribution in [0, 0.1) is 0 Å². The highest BCUT2D eigenvalue weighted by Crippen LogP contribution is 2.63. The highest BCUT2D eigenvalue weighted by atomic mass is 16.5. The molecule has 254 valence electrons.